The zero-order chi connectivity index (χ0) is 16.6. The number of ketones is 1. The minimum Gasteiger partial charge on any atom is -0.511 e. The Labute approximate surface area is 152 Å². The number of carbonyl (C=O) groups is 1. The van der Waals surface area contributed by atoms with Crippen LogP contribution in [0.25, 0.3) is 5.57 Å². The highest BCUT2D eigenvalue weighted by Crippen LogP contribution is 2.57. The lowest BCUT2D eigenvalue weighted by molar-refractivity contribution is -0.118. The average molecular weight is 442 g/mol. The van der Waals surface area contributed by atoms with E-state index in [1.165, 1.54) is 5.56 Å². The molecule has 1 aromatic carbocycles. The van der Waals surface area contributed by atoms with E-state index in [0.717, 1.165) is 16.7 Å². The number of hydrogen-bond acceptors (Lipinski definition) is 3. The Bertz CT molecular complexity index is 732. The average Bonchev–Trinajstić information content (AvgIpc) is 3.06. The number of Topliss-reactive ketones (excluding diaryl/α,β-unsaturated/α-hetero) is 1. The van der Waals surface area contributed by atoms with Gasteiger partial charge in [-0.25, -0.2) is 0 Å². The number of ether oxygens (including phenoxy) is 1. The SMILES string of the molecule is Cc1cc(C)c(C2=C(O)[C@@H]3[C@@H]4O[C@@H]([C@H](Br)[C@H]4Br)[C@@H]3C2=O)c(C)c1. The minimum absolute atomic E-state index is 0.0268. The highest BCUT2D eigenvalue weighted by molar-refractivity contribution is 9.12. The molecule has 0 unspecified atom stereocenters. The van der Waals surface area contributed by atoms with Gasteiger partial charge in [0.25, 0.3) is 0 Å². The van der Waals surface area contributed by atoms with Crippen molar-refractivity contribution in [2.75, 3.05) is 0 Å². The number of carbonyl (C=O) groups excluding carboxylic acids is 1. The largest absolute Gasteiger partial charge is 0.511 e. The van der Waals surface area contributed by atoms with Crippen LogP contribution in [0.1, 0.15) is 22.3 Å². The Hall–Kier alpha value is -0.650. The second kappa shape index (κ2) is 5.17. The number of fused-ring (bicyclic) bond motifs is 5. The predicted molar refractivity (Wildman–Crippen MR) is 96.3 cm³/mol. The van der Waals surface area contributed by atoms with Gasteiger partial charge in [0.2, 0.25) is 0 Å². The molecule has 0 radical (unpaired) electrons. The molecule has 0 amide bonds. The molecule has 6 atom stereocenters. The third-order valence-electron chi connectivity index (χ3n) is 5.39. The van der Waals surface area contributed by atoms with E-state index < -0.39 is 0 Å². The van der Waals surface area contributed by atoms with Gasteiger partial charge < -0.3 is 9.84 Å². The Balaban J connectivity index is 1.86. The molecule has 2 heterocycles. The molecule has 5 heteroatoms. The van der Waals surface area contributed by atoms with Gasteiger partial charge in [0.05, 0.1) is 39.3 Å². The number of allylic oxidation sites excluding steroid dienone is 1. The van der Waals surface area contributed by atoms with Gasteiger partial charge in [0.1, 0.15) is 5.76 Å². The van der Waals surface area contributed by atoms with Gasteiger partial charge in [-0.15, -0.1) is 0 Å². The summed E-state index contributed by atoms with van der Waals surface area (Å²) in [6, 6.07) is 4.13. The molecule has 0 saturated carbocycles. The number of aryl methyl sites for hydroxylation is 3. The van der Waals surface area contributed by atoms with E-state index in [9.17, 15) is 9.90 Å². The van der Waals surface area contributed by atoms with Crippen LogP contribution < -0.4 is 0 Å². The molecule has 1 aliphatic carbocycles. The van der Waals surface area contributed by atoms with Gasteiger partial charge >= 0.3 is 0 Å². The summed E-state index contributed by atoms with van der Waals surface area (Å²) in [5, 5.41) is 10.9. The highest BCUT2D eigenvalue weighted by Gasteiger charge is 2.65. The van der Waals surface area contributed by atoms with E-state index in [-0.39, 0.29) is 45.2 Å². The van der Waals surface area contributed by atoms with Crippen molar-refractivity contribution in [1.82, 2.24) is 0 Å². The van der Waals surface area contributed by atoms with Gasteiger partial charge in [-0.2, -0.15) is 0 Å². The lowest BCUT2D eigenvalue weighted by Crippen LogP contribution is -2.42. The van der Waals surface area contributed by atoms with Crippen LogP contribution in [0.5, 0.6) is 0 Å². The monoisotopic (exact) mass is 440 g/mol. The van der Waals surface area contributed by atoms with Gasteiger partial charge in [-0.3, -0.25) is 4.79 Å². The molecule has 23 heavy (non-hydrogen) atoms. The van der Waals surface area contributed by atoms with E-state index in [1.54, 1.807) is 0 Å². The summed E-state index contributed by atoms with van der Waals surface area (Å²) < 4.78 is 5.96. The first-order valence-corrected chi connectivity index (χ1v) is 9.65. The Morgan fingerprint density at radius 1 is 1.00 bits per heavy atom. The van der Waals surface area contributed by atoms with E-state index in [4.69, 9.17) is 4.74 Å². The van der Waals surface area contributed by atoms with E-state index in [1.807, 2.05) is 20.8 Å². The Kier molecular flexibility index (Phi) is 3.56. The second-order valence-electron chi connectivity index (χ2n) is 6.90. The number of benzene rings is 1. The summed E-state index contributed by atoms with van der Waals surface area (Å²) in [5.41, 5.74) is 4.64. The summed E-state index contributed by atoms with van der Waals surface area (Å²) in [6.45, 7) is 6.05. The maximum Gasteiger partial charge on any atom is 0.173 e. The molecule has 1 aromatic rings. The van der Waals surface area contributed by atoms with Crippen LogP contribution in [-0.4, -0.2) is 32.8 Å². The molecular formula is C18H18Br2O3. The summed E-state index contributed by atoms with van der Waals surface area (Å²) in [4.78, 5) is 13.3. The topological polar surface area (TPSA) is 46.5 Å². The third kappa shape index (κ3) is 1.99. The molecular weight excluding hydrogens is 424 g/mol. The number of halogens is 2. The zero-order valence-electron chi connectivity index (χ0n) is 13.1. The van der Waals surface area contributed by atoms with Crippen molar-refractivity contribution in [1.29, 1.82) is 0 Å². The number of aliphatic hydroxyl groups is 1. The summed E-state index contributed by atoms with van der Waals surface area (Å²) in [6.07, 6.45) is -0.325. The van der Waals surface area contributed by atoms with Crippen LogP contribution >= 0.6 is 31.9 Å². The second-order valence-corrected chi connectivity index (χ2v) is 9.02. The summed E-state index contributed by atoms with van der Waals surface area (Å²) >= 11 is 7.28. The smallest absolute Gasteiger partial charge is 0.173 e. The van der Waals surface area contributed by atoms with E-state index in [2.05, 4.69) is 44.0 Å². The molecule has 3 aliphatic rings. The van der Waals surface area contributed by atoms with Gasteiger partial charge in [0, 0.05) is 0 Å². The van der Waals surface area contributed by atoms with Crippen molar-refractivity contribution in [2.45, 2.75) is 42.6 Å². The van der Waals surface area contributed by atoms with Crippen molar-refractivity contribution in [3.8, 4) is 0 Å². The maximum atomic E-state index is 13.1. The molecule has 2 bridgehead atoms. The van der Waals surface area contributed by atoms with Crippen molar-refractivity contribution >= 4 is 43.2 Å². The number of aliphatic hydroxyl groups excluding tert-OH is 1. The summed E-state index contributed by atoms with van der Waals surface area (Å²) in [5.74, 6) is -0.251. The molecule has 2 saturated heterocycles. The van der Waals surface area contributed by atoms with Crippen molar-refractivity contribution in [3.63, 3.8) is 0 Å². The Morgan fingerprint density at radius 3 is 2.09 bits per heavy atom. The third-order valence-corrected chi connectivity index (χ3v) is 8.28. The molecule has 1 N–H and O–H groups in total. The van der Waals surface area contributed by atoms with Crippen LogP contribution in [0.15, 0.2) is 17.9 Å². The van der Waals surface area contributed by atoms with Crippen LogP contribution in [0.4, 0.5) is 0 Å². The predicted octanol–water partition coefficient (Wildman–Crippen LogP) is 4.00. The van der Waals surface area contributed by atoms with Crippen LogP contribution in [0, 0.1) is 32.6 Å². The Morgan fingerprint density at radius 2 is 1.52 bits per heavy atom. The number of alkyl halides is 2. The fraction of sp³-hybridized carbons (Fsp3) is 0.500. The number of rotatable bonds is 1. The first kappa shape index (κ1) is 15.9. The van der Waals surface area contributed by atoms with Crippen molar-refractivity contribution in [2.24, 2.45) is 11.8 Å². The molecule has 2 fully saturated rings. The molecule has 0 aromatic heterocycles. The molecule has 122 valence electrons. The number of hydrogen-bond donors (Lipinski definition) is 1. The fourth-order valence-corrected chi connectivity index (χ4v) is 6.10. The summed E-state index contributed by atoms with van der Waals surface area (Å²) in [7, 11) is 0. The van der Waals surface area contributed by atoms with Crippen LogP contribution in [-0.2, 0) is 9.53 Å². The standard InChI is InChI=1S/C18H18Br2O3/c1-6-4-7(2)9(8(3)5-6)10-15(21)11-12(16(10)22)18-14(20)13(19)17(11)23-18/h4-5,11-14,17-18,21H,1-3H3/t11-,12+,13-,14-,17+,18-/m1/s1. The zero-order valence-corrected chi connectivity index (χ0v) is 16.3. The molecule has 3 nitrogen and oxygen atoms in total. The van der Waals surface area contributed by atoms with E-state index in [0.29, 0.717) is 5.57 Å². The molecule has 2 aliphatic heterocycles. The fourth-order valence-electron chi connectivity index (χ4n) is 4.59. The molecule has 0 spiro atoms. The first-order chi connectivity index (χ1) is 10.8. The minimum atomic E-state index is -0.270. The maximum absolute atomic E-state index is 13.1. The van der Waals surface area contributed by atoms with Gasteiger partial charge in [0.15, 0.2) is 5.78 Å². The normalized spacial score (nSPS) is 38.6. The van der Waals surface area contributed by atoms with Crippen LogP contribution in [0.2, 0.25) is 0 Å². The van der Waals surface area contributed by atoms with Crippen molar-refractivity contribution < 1.29 is 14.6 Å². The lowest BCUT2D eigenvalue weighted by atomic mass is 9.80. The van der Waals surface area contributed by atoms with Crippen molar-refractivity contribution in [3.05, 3.63) is 40.1 Å². The van der Waals surface area contributed by atoms with Crippen LogP contribution in [0.3, 0.4) is 0 Å². The quantitative estimate of drug-likeness (QED) is 0.670. The van der Waals surface area contributed by atoms with Gasteiger partial charge in [-0.05, 0) is 37.5 Å². The van der Waals surface area contributed by atoms with E-state index >= 15 is 0 Å². The lowest BCUT2D eigenvalue weighted by Gasteiger charge is -2.27. The van der Waals surface area contributed by atoms with Gasteiger partial charge in [-0.1, -0.05) is 49.6 Å². The first-order valence-electron chi connectivity index (χ1n) is 7.82. The highest BCUT2D eigenvalue weighted by atomic mass is 79.9. The molecule has 4 rings (SSSR count).